The molecule has 3 heteroatoms. The molecule has 1 rings (SSSR count). The summed E-state index contributed by atoms with van der Waals surface area (Å²) in [4.78, 5) is 0. The Labute approximate surface area is 131 Å². The molecule has 122 valence electrons. The maximum atomic E-state index is 4.48. The quantitative estimate of drug-likeness (QED) is 0.725. The van der Waals surface area contributed by atoms with Crippen LogP contribution in [0.5, 0.6) is 0 Å². The lowest BCUT2D eigenvalue weighted by Crippen LogP contribution is -2.32. The van der Waals surface area contributed by atoms with E-state index in [1.54, 1.807) is 0 Å². The SMILES string of the molecule is CCC(C)CC(C)(C)c1cn(C(C)(C)CC(C)(C)C)nn1. The first kappa shape index (κ1) is 18.2. The summed E-state index contributed by atoms with van der Waals surface area (Å²) in [5.41, 5.74) is 1.48. The summed E-state index contributed by atoms with van der Waals surface area (Å²) >= 11 is 0. The summed E-state index contributed by atoms with van der Waals surface area (Å²) in [6.07, 6.45) is 5.61. The average Bonchev–Trinajstić information content (AvgIpc) is 2.75. The molecule has 0 N–H and O–H groups in total. The molecule has 1 unspecified atom stereocenters. The smallest absolute Gasteiger partial charge is 0.0883 e. The van der Waals surface area contributed by atoms with Crippen LogP contribution in [0.1, 0.15) is 87.3 Å². The van der Waals surface area contributed by atoms with E-state index in [1.807, 2.05) is 0 Å². The first-order valence-corrected chi connectivity index (χ1v) is 8.31. The van der Waals surface area contributed by atoms with Crippen LogP contribution >= 0.6 is 0 Å². The van der Waals surface area contributed by atoms with Gasteiger partial charge in [0.1, 0.15) is 0 Å². The van der Waals surface area contributed by atoms with Crippen LogP contribution in [0.4, 0.5) is 0 Å². The molecule has 0 saturated carbocycles. The van der Waals surface area contributed by atoms with Crippen molar-refractivity contribution in [3.8, 4) is 0 Å². The van der Waals surface area contributed by atoms with Crippen molar-refractivity contribution >= 4 is 0 Å². The third kappa shape index (κ3) is 5.12. The van der Waals surface area contributed by atoms with Gasteiger partial charge in [0.2, 0.25) is 0 Å². The summed E-state index contributed by atoms with van der Waals surface area (Å²) < 4.78 is 2.06. The Balaban J connectivity index is 2.95. The fourth-order valence-corrected chi connectivity index (χ4v) is 3.37. The predicted octanol–water partition coefficient (Wildman–Crippen LogP) is 5.16. The molecule has 1 atom stereocenters. The van der Waals surface area contributed by atoms with Crippen LogP contribution in [0, 0.1) is 11.3 Å². The lowest BCUT2D eigenvalue weighted by molar-refractivity contribution is 0.195. The van der Waals surface area contributed by atoms with E-state index in [9.17, 15) is 0 Å². The number of hydrogen-bond acceptors (Lipinski definition) is 2. The summed E-state index contributed by atoms with van der Waals surface area (Å²) in [5.74, 6) is 0.715. The van der Waals surface area contributed by atoms with E-state index in [1.165, 1.54) is 6.42 Å². The van der Waals surface area contributed by atoms with Gasteiger partial charge in [-0.3, -0.25) is 0 Å². The zero-order valence-electron chi connectivity index (χ0n) is 15.6. The van der Waals surface area contributed by atoms with Gasteiger partial charge in [-0.15, -0.1) is 5.10 Å². The van der Waals surface area contributed by atoms with Crippen LogP contribution in [0.15, 0.2) is 6.20 Å². The Morgan fingerprint density at radius 3 is 2.14 bits per heavy atom. The van der Waals surface area contributed by atoms with Gasteiger partial charge in [-0.1, -0.05) is 60.1 Å². The monoisotopic (exact) mass is 293 g/mol. The van der Waals surface area contributed by atoms with E-state index < -0.39 is 0 Å². The van der Waals surface area contributed by atoms with Crippen molar-refractivity contribution in [1.29, 1.82) is 0 Å². The van der Waals surface area contributed by atoms with Crippen LogP contribution in [0.3, 0.4) is 0 Å². The topological polar surface area (TPSA) is 30.7 Å². The summed E-state index contributed by atoms with van der Waals surface area (Å²) in [6.45, 7) is 20.5. The molecule has 0 aromatic carbocycles. The van der Waals surface area contributed by atoms with Gasteiger partial charge in [-0.25, -0.2) is 4.68 Å². The van der Waals surface area contributed by atoms with E-state index >= 15 is 0 Å². The van der Waals surface area contributed by atoms with Crippen LogP contribution in [-0.2, 0) is 11.0 Å². The van der Waals surface area contributed by atoms with Crippen molar-refractivity contribution < 1.29 is 0 Å². The molecule has 0 aliphatic rings. The van der Waals surface area contributed by atoms with Gasteiger partial charge in [0, 0.05) is 11.6 Å². The Bertz CT molecular complexity index is 449. The summed E-state index contributed by atoms with van der Waals surface area (Å²) in [7, 11) is 0. The van der Waals surface area contributed by atoms with Gasteiger partial charge < -0.3 is 0 Å². The van der Waals surface area contributed by atoms with Crippen molar-refractivity contribution in [2.45, 2.75) is 92.5 Å². The summed E-state index contributed by atoms with van der Waals surface area (Å²) in [5, 5.41) is 8.92. The largest absolute Gasteiger partial charge is 0.247 e. The van der Waals surface area contributed by atoms with Crippen LogP contribution < -0.4 is 0 Å². The van der Waals surface area contributed by atoms with Crippen LogP contribution in [0.2, 0.25) is 0 Å². The molecule has 0 aliphatic heterocycles. The van der Waals surface area contributed by atoms with Crippen LogP contribution in [0.25, 0.3) is 0 Å². The number of nitrogens with zero attached hydrogens (tertiary/aromatic N) is 3. The third-order valence-electron chi connectivity index (χ3n) is 4.33. The zero-order valence-corrected chi connectivity index (χ0v) is 15.6. The van der Waals surface area contributed by atoms with Gasteiger partial charge in [0.15, 0.2) is 0 Å². The molecule has 1 heterocycles. The average molecular weight is 293 g/mol. The van der Waals surface area contributed by atoms with Gasteiger partial charge in [-0.05, 0) is 38.0 Å². The molecule has 0 fully saturated rings. The minimum Gasteiger partial charge on any atom is -0.247 e. The van der Waals surface area contributed by atoms with Crippen molar-refractivity contribution in [2.24, 2.45) is 11.3 Å². The van der Waals surface area contributed by atoms with E-state index in [2.05, 4.69) is 83.5 Å². The molecule has 1 aromatic rings. The van der Waals surface area contributed by atoms with E-state index in [-0.39, 0.29) is 16.4 Å². The molecule has 0 radical (unpaired) electrons. The molecule has 21 heavy (non-hydrogen) atoms. The molecular weight excluding hydrogens is 258 g/mol. The predicted molar refractivity (Wildman–Crippen MR) is 90.5 cm³/mol. The van der Waals surface area contributed by atoms with Crippen molar-refractivity contribution in [3.05, 3.63) is 11.9 Å². The second-order valence-corrected chi connectivity index (χ2v) is 9.20. The van der Waals surface area contributed by atoms with Crippen molar-refractivity contribution in [1.82, 2.24) is 15.0 Å². The second kappa shape index (κ2) is 6.10. The first-order valence-electron chi connectivity index (χ1n) is 8.31. The van der Waals surface area contributed by atoms with Crippen LogP contribution in [-0.4, -0.2) is 15.0 Å². The summed E-state index contributed by atoms with van der Waals surface area (Å²) in [6, 6.07) is 0. The minimum absolute atomic E-state index is 0.00402. The van der Waals surface area contributed by atoms with Gasteiger partial charge in [0.25, 0.3) is 0 Å². The normalized spacial score (nSPS) is 15.3. The van der Waals surface area contributed by atoms with Gasteiger partial charge >= 0.3 is 0 Å². The zero-order chi connectivity index (χ0) is 16.5. The Hall–Kier alpha value is -0.860. The standard InChI is InChI=1S/C18H35N3/c1-10-14(2)11-17(6,7)15-12-21(20-19-15)18(8,9)13-16(3,4)5/h12,14H,10-11,13H2,1-9H3. The van der Waals surface area contributed by atoms with E-state index in [0.29, 0.717) is 5.92 Å². The molecule has 0 spiro atoms. The van der Waals surface area contributed by atoms with Crippen molar-refractivity contribution in [3.63, 3.8) is 0 Å². The molecule has 0 aliphatic carbocycles. The molecule has 3 nitrogen and oxygen atoms in total. The third-order valence-corrected chi connectivity index (χ3v) is 4.33. The molecule has 0 bridgehead atoms. The molecule has 0 saturated heterocycles. The maximum Gasteiger partial charge on any atom is 0.0883 e. The maximum absolute atomic E-state index is 4.48. The fourth-order valence-electron chi connectivity index (χ4n) is 3.37. The van der Waals surface area contributed by atoms with Gasteiger partial charge in [-0.2, -0.15) is 0 Å². The van der Waals surface area contributed by atoms with E-state index in [4.69, 9.17) is 0 Å². The molecule has 1 aromatic heterocycles. The Morgan fingerprint density at radius 1 is 1.10 bits per heavy atom. The highest BCUT2D eigenvalue weighted by Crippen LogP contribution is 2.34. The number of hydrogen-bond donors (Lipinski definition) is 0. The van der Waals surface area contributed by atoms with Crippen molar-refractivity contribution in [2.75, 3.05) is 0 Å². The highest BCUT2D eigenvalue weighted by molar-refractivity contribution is 5.10. The lowest BCUT2D eigenvalue weighted by atomic mass is 9.80. The van der Waals surface area contributed by atoms with Gasteiger partial charge in [0.05, 0.1) is 11.2 Å². The number of aromatic nitrogens is 3. The first-order chi connectivity index (χ1) is 9.37. The minimum atomic E-state index is -0.00402. The highest BCUT2D eigenvalue weighted by atomic mass is 15.4. The number of rotatable bonds is 6. The van der Waals surface area contributed by atoms with E-state index in [0.717, 1.165) is 18.5 Å². The molecular formula is C18H35N3. The highest BCUT2D eigenvalue weighted by Gasteiger charge is 2.31. The second-order valence-electron chi connectivity index (χ2n) is 9.20. The Kier molecular flexibility index (Phi) is 5.28. The molecule has 0 amide bonds. The Morgan fingerprint density at radius 2 is 1.67 bits per heavy atom. The fraction of sp³-hybridized carbons (Fsp3) is 0.889. The lowest BCUT2D eigenvalue weighted by Gasteiger charge is -2.32.